The van der Waals surface area contributed by atoms with Crippen molar-refractivity contribution in [1.82, 2.24) is 0 Å². The average Bonchev–Trinajstić information content (AvgIpc) is 3.60. The Labute approximate surface area is 244 Å². The van der Waals surface area contributed by atoms with Gasteiger partial charge in [-0.3, -0.25) is 9.59 Å². The van der Waals surface area contributed by atoms with Crippen LogP contribution < -0.4 is 0 Å². The Morgan fingerprint density at radius 1 is 0.821 bits per heavy atom. The van der Waals surface area contributed by atoms with Crippen LogP contribution in [0.15, 0.2) is 54.7 Å². The van der Waals surface area contributed by atoms with Crippen LogP contribution >= 0.6 is 23.2 Å². The highest BCUT2D eigenvalue weighted by molar-refractivity contribution is 6.35. The van der Waals surface area contributed by atoms with E-state index in [9.17, 15) is 14.7 Å². The summed E-state index contributed by atoms with van der Waals surface area (Å²) in [6.45, 7) is 0.166. The van der Waals surface area contributed by atoms with E-state index in [1.54, 1.807) is 18.2 Å². The number of esters is 1. The quantitative estimate of drug-likeness (QED) is 0.107. The first-order chi connectivity index (χ1) is 18.9. The van der Waals surface area contributed by atoms with Gasteiger partial charge in [-0.05, 0) is 76.3 Å². The fourth-order valence-corrected chi connectivity index (χ4v) is 6.18. The molecule has 0 heterocycles. The Balaban J connectivity index is 1.21. The van der Waals surface area contributed by atoms with E-state index in [0.29, 0.717) is 10.0 Å². The van der Waals surface area contributed by atoms with Crippen molar-refractivity contribution in [2.45, 2.75) is 109 Å². The van der Waals surface area contributed by atoms with Crippen LogP contribution in [0.3, 0.4) is 0 Å². The molecule has 0 spiro atoms. The van der Waals surface area contributed by atoms with Gasteiger partial charge in [0.15, 0.2) is 0 Å². The van der Waals surface area contributed by atoms with Crippen LogP contribution in [0.4, 0.5) is 0 Å². The molecule has 2 unspecified atom stereocenters. The summed E-state index contributed by atoms with van der Waals surface area (Å²) in [5, 5.41) is 10.6. The smallest absolute Gasteiger partial charge is 0.316 e. The highest BCUT2D eigenvalue weighted by Gasteiger charge is 2.39. The van der Waals surface area contributed by atoms with E-state index in [0.717, 1.165) is 89.0 Å². The van der Waals surface area contributed by atoms with E-state index in [2.05, 4.69) is 24.3 Å². The summed E-state index contributed by atoms with van der Waals surface area (Å²) in [4.78, 5) is 24.6. The monoisotopic (exact) mass is 574 g/mol. The van der Waals surface area contributed by atoms with Gasteiger partial charge < -0.3 is 9.84 Å². The molecule has 4 nitrogen and oxygen atoms in total. The van der Waals surface area contributed by atoms with Gasteiger partial charge in [0.05, 0.1) is 10.8 Å². The normalized spacial score (nSPS) is 22.2. The number of unbranched alkanes of at least 4 members (excludes halogenated alkanes) is 8. The molecule has 6 heteroatoms. The molecule has 2 aliphatic rings. The minimum Gasteiger partial charge on any atom is -0.481 e. The molecule has 2 aliphatic carbocycles. The third-order valence-corrected chi connectivity index (χ3v) is 8.84. The van der Waals surface area contributed by atoms with Crippen LogP contribution in [-0.2, 0) is 20.9 Å². The number of aliphatic carboxylic acids is 1. The second kappa shape index (κ2) is 16.3. The molecule has 3 rings (SSSR count). The molecule has 214 valence electrons. The van der Waals surface area contributed by atoms with Gasteiger partial charge in [-0.2, -0.15) is 0 Å². The zero-order valence-electron chi connectivity index (χ0n) is 23.1. The second-order valence-electron chi connectivity index (χ2n) is 11.2. The molecule has 1 N–H and O–H groups in total. The number of ether oxygens (including phenoxy) is 1. The van der Waals surface area contributed by atoms with Crippen molar-refractivity contribution >= 4 is 35.1 Å². The fourth-order valence-electron chi connectivity index (χ4n) is 5.71. The molecular weight excluding hydrogens is 531 g/mol. The van der Waals surface area contributed by atoms with Crippen molar-refractivity contribution in [1.29, 1.82) is 0 Å². The standard InChI is InChI=1S/C33H44Cl2O4/c34-28-18-17-27(29(35)25-28)26-39-31(38)33(23-15-16-24-33)22-12-10-8-6-4-2-1-3-5-7-9-11-19-32(30(36)37)20-13-14-21-32/h1-2,13,15,17-18,20,23,25H,3-12,14,16,19,21-22,24,26H2,(H,36,37)/b2-1-. The number of carbonyl (C=O) groups is 2. The van der Waals surface area contributed by atoms with Crippen molar-refractivity contribution in [3.05, 3.63) is 70.3 Å². The maximum absolute atomic E-state index is 13.0. The number of rotatable bonds is 18. The molecule has 0 amide bonds. The van der Waals surface area contributed by atoms with E-state index in [1.165, 1.54) is 19.3 Å². The predicted molar refractivity (Wildman–Crippen MR) is 160 cm³/mol. The number of carboxylic acid groups (broad SMARTS) is 1. The number of hydrogen-bond donors (Lipinski definition) is 1. The van der Waals surface area contributed by atoms with Crippen molar-refractivity contribution in [3.8, 4) is 0 Å². The number of halogens is 2. The number of hydrogen-bond acceptors (Lipinski definition) is 3. The predicted octanol–water partition coefficient (Wildman–Crippen LogP) is 10.0. The molecular formula is C33H44Cl2O4. The number of benzene rings is 1. The Kier molecular flexibility index (Phi) is 13.1. The minimum atomic E-state index is -0.660. The van der Waals surface area contributed by atoms with Crippen LogP contribution in [-0.4, -0.2) is 17.0 Å². The Morgan fingerprint density at radius 3 is 1.92 bits per heavy atom. The van der Waals surface area contributed by atoms with Crippen LogP contribution in [0.1, 0.15) is 108 Å². The summed E-state index contributed by atoms with van der Waals surface area (Å²) in [6.07, 6.45) is 28.8. The Hall–Kier alpha value is -2.04. The van der Waals surface area contributed by atoms with Gasteiger partial charge in [-0.1, -0.05) is 104 Å². The van der Waals surface area contributed by atoms with E-state index in [1.807, 2.05) is 12.2 Å². The van der Waals surface area contributed by atoms with Crippen LogP contribution in [0.2, 0.25) is 10.0 Å². The lowest BCUT2D eigenvalue weighted by Gasteiger charge is -2.25. The summed E-state index contributed by atoms with van der Waals surface area (Å²) in [5.74, 6) is -0.811. The van der Waals surface area contributed by atoms with Crippen LogP contribution in [0.25, 0.3) is 0 Å². The number of carboxylic acids is 1. The Bertz CT molecular complexity index is 1030. The van der Waals surface area contributed by atoms with Crippen molar-refractivity contribution in [2.75, 3.05) is 0 Å². The summed E-state index contributed by atoms with van der Waals surface area (Å²) in [5.41, 5.74) is -0.323. The lowest BCUT2D eigenvalue weighted by molar-refractivity contribution is -0.155. The van der Waals surface area contributed by atoms with Gasteiger partial charge in [0, 0.05) is 15.6 Å². The van der Waals surface area contributed by atoms with Gasteiger partial charge in [0.2, 0.25) is 0 Å². The minimum absolute atomic E-state index is 0.151. The maximum atomic E-state index is 13.0. The molecule has 0 bridgehead atoms. The fraction of sp³-hybridized carbons (Fsp3) is 0.576. The van der Waals surface area contributed by atoms with Gasteiger partial charge >= 0.3 is 11.9 Å². The largest absolute Gasteiger partial charge is 0.481 e. The molecule has 0 radical (unpaired) electrons. The summed E-state index contributed by atoms with van der Waals surface area (Å²) < 4.78 is 5.68. The molecule has 1 aromatic rings. The van der Waals surface area contributed by atoms with Crippen LogP contribution in [0.5, 0.6) is 0 Å². The van der Waals surface area contributed by atoms with Crippen molar-refractivity contribution in [3.63, 3.8) is 0 Å². The Morgan fingerprint density at radius 2 is 1.38 bits per heavy atom. The zero-order chi connectivity index (χ0) is 28.0. The highest BCUT2D eigenvalue weighted by Crippen LogP contribution is 2.39. The zero-order valence-corrected chi connectivity index (χ0v) is 24.7. The molecule has 2 atom stereocenters. The molecule has 0 fully saturated rings. The van der Waals surface area contributed by atoms with Crippen molar-refractivity contribution < 1.29 is 19.4 Å². The first-order valence-electron chi connectivity index (χ1n) is 14.7. The molecule has 0 aromatic heterocycles. The lowest BCUT2D eigenvalue weighted by atomic mass is 9.82. The first kappa shape index (κ1) is 31.5. The summed E-state index contributed by atoms with van der Waals surface area (Å²) in [6, 6.07) is 5.23. The lowest BCUT2D eigenvalue weighted by Crippen LogP contribution is -2.29. The van der Waals surface area contributed by atoms with Gasteiger partial charge in [0.1, 0.15) is 6.61 Å². The molecule has 0 aliphatic heterocycles. The van der Waals surface area contributed by atoms with Gasteiger partial charge in [0.25, 0.3) is 0 Å². The first-order valence-corrected chi connectivity index (χ1v) is 15.5. The summed E-state index contributed by atoms with van der Waals surface area (Å²) in [7, 11) is 0. The highest BCUT2D eigenvalue weighted by atomic mass is 35.5. The third-order valence-electron chi connectivity index (χ3n) is 8.25. The SMILES string of the molecule is O=C(O)C1(CCCCCC/C=C\CCCCCCC2(C(=O)OCc3ccc(Cl)cc3Cl)C=CCC2)C=CCC1. The van der Waals surface area contributed by atoms with E-state index < -0.39 is 16.8 Å². The van der Waals surface area contributed by atoms with E-state index in [4.69, 9.17) is 27.9 Å². The number of carbonyl (C=O) groups excluding carboxylic acids is 1. The average molecular weight is 576 g/mol. The topological polar surface area (TPSA) is 63.6 Å². The van der Waals surface area contributed by atoms with E-state index >= 15 is 0 Å². The van der Waals surface area contributed by atoms with Crippen LogP contribution in [0, 0.1) is 10.8 Å². The molecule has 0 saturated heterocycles. The molecule has 1 aromatic carbocycles. The third kappa shape index (κ3) is 9.83. The number of allylic oxidation sites excluding steroid dienone is 4. The van der Waals surface area contributed by atoms with Crippen molar-refractivity contribution in [2.24, 2.45) is 10.8 Å². The molecule has 39 heavy (non-hydrogen) atoms. The van der Waals surface area contributed by atoms with Gasteiger partial charge in [-0.15, -0.1) is 0 Å². The van der Waals surface area contributed by atoms with Gasteiger partial charge in [-0.25, -0.2) is 0 Å². The maximum Gasteiger partial charge on any atom is 0.316 e. The van der Waals surface area contributed by atoms with E-state index in [-0.39, 0.29) is 12.6 Å². The second-order valence-corrected chi connectivity index (χ2v) is 12.0. The summed E-state index contributed by atoms with van der Waals surface area (Å²) >= 11 is 12.2. The molecule has 0 saturated carbocycles.